The van der Waals surface area contributed by atoms with Crippen molar-refractivity contribution in [1.29, 1.82) is 0 Å². The Labute approximate surface area is 122 Å². The van der Waals surface area contributed by atoms with E-state index >= 15 is 0 Å². The average molecular weight is 273 g/mol. The second-order valence-corrected chi connectivity index (χ2v) is 6.72. The Morgan fingerprint density at radius 1 is 1.15 bits per heavy atom. The molecule has 3 rings (SSSR count). The highest BCUT2D eigenvalue weighted by Gasteiger charge is 2.24. The highest BCUT2D eigenvalue weighted by molar-refractivity contribution is 5.21. The maximum atomic E-state index is 5.93. The molecule has 2 fully saturated rings. The highest BCUT2D eigenvalue weighted by atomic mass is 16.5. The van der Waals surface area contributed by atoms with E-state index in [1.54, 1.807) is 0 Å². The molecule has 0 radical (unpaired) electrons. The van der Waals surface area contributed by atoms with Crippen molar-refractivity contribution in [3.63, 3.8) is 0 Å². The van der Waals surface area contributed by atoms with Gasteiger partial charge in [-0.1, -0.05) is 29.8 Å². The molecule has 1 N–H and O–H groups in total. The molecule has 0 spiro atoms. The monoisotopic (exact) mass is 273 g/mol. The maximum Gasteiger partial charge on any atom is 0.0509 e. The first-order valence-corrected chi connectivity index (χ1v) is 8.16. The van der Waals surface area contributed by atoms with Crippen molar-refractivity contribution in [3.8, 4) is 0 Å². The molecule has 2 saturated carbocycles. The first-order valence-electron chi connectivity index (χ1n) is 8.16. The molecule has 1 aromatic carbocycles. The summed E-state index contributed by atoms with van der Waals surface area (Å²) in [5.74, 6) is 1.48. The molecule has 2 aliphatic rings. The topological polar surface area (TPSA) is 21.3 Å². The molecular weight excluding hydrogens is 246 g/mol. The summed E-state index contributed by atoms with van der Waals surface area (Å²) < 4.78 is 5.93. The number of hydrogen-bond acceptors (Lipinski definition) is 2. The van der Waals surface area contributed by atoms with Crippen LogP contribution in [0.15, 0.2) is 24.3 Å². The van der Waals surface area contributed by atoms with Gasteiger partial charge in [0.25, 0.3) is 0 Å². The molecule has 0 aliphatic heterocycles. The summed E-state index contributed by atoms with van der Waals surface area (Å²) in [7, 11) is 0. The zero-order chi connectivity index (χ0) is 13.8. The number of benzene rings is 1. The van der Waals surface area contributed by atoms with E-state index in [2.05, 4.69) is 36.5 Å². The standard InChI is InChI=1S/C18H27NO/c1-14-2-4-15(5-3-14)10-17(11-19-18-8-9-18)13-20-12-16-6-7-16/h2-5,16-19H,6-13H2,1H3. The summed E-state index contributed by atoms with van der Waals surface area (Å²) in [4.78, 5) is 0. The summed E-state index contributed by atoms with van der Waals surface area (Å²) >= 11 is 0. The Morgan fingerprint density at radius 2 is 1.90 bits per heavy atom. The number of ether oxygens (including phenoxy) is 1. The van der Waals surface area contributed by atoms with Crippen molar-refractivity contribution in [1.82, 2.24) is 5.32 Å². The SMILES string of the molecule is Cc1ccc(CC(CNC2CC2)COCC2CC2)cc1. The Morgan fingerprint density at radius 3 is 2.55 bits per heavy atom. The molecule has 2 heteroatoms. The molecule has 0 aromatic heterocycles. The summed E-state index contributed by atoms with van der Waals surface area (Å²) in [5, 5.41) is 3.66. The van der Waals surface area contributed by atoms with E-state index < -0.39 is 0 Å². The second kappa shape index (κ2) is 6.73. The fourth-order valence-corrected chi connectivity index (χ4v) is 2.55. The van der Waals surface area contributed by atoms with Gasteiger partial charge in [0.1, 0.15) is 0 Å². The minimum absolute atomic E-state index is 0.608. The van der Waals surface area contributed by atoms with Gasteiger partial charge in [-0.3, -0.25) is 0 Å². The molecule has 0 amide bonds. The minimum Gasteiger partial charge on any atom is -0.381 e. The quantitative estimate of drug-likeness (QED) is 0.745. The molecule has 1 aromatic rings. The maximum absolute atomic E-state index is 5.93. The Bertz CT molecular complexity index is 406. The lowest BCUT2D eigenvalue weighted by molar-refractivity contribution is 0.0906. The number of nitrogens with one attached hydrogen (secondary N) is 1. The van der Waals surface area contributed by atoms with Crippen molar-refractivity contribution in [2.24, 2.45) is 11.8 Å². The van der Waals surface area contributed by atoms with E-state index in [1.807, 2.05) is 0 Å². The van der Waals surface area contributed by atoms with Crippen LogP contribution in [0.2, 0.25) is 0 Å². The van der Waals surface area contributed by atoms with Gasteiger partial charge in [-0.2, -0.15) is 0 Å². The van der Waals surface area contributed by atoms with Crippen LogP contribution in [-0.2, 0) is 11.2 Å². The van der Waals surface area contributed by atoms with E-state index in [4.69, 9.17) is 4.74 Å². The average Bonchev–Trinajstić information content (AvgIpc) is 3.33. The third-order valence-corrected chi connectivity index (χ3v) is 4.32. The van der Waals surface area contributed by atoms with Gasteiger partial charge >= 0.3 is 0 Å². The van der Waals surface area contributed by atoms with Crippen LogP contribution in [0.25, 0.3) is 0 Å². The van der Waals surface area contributed by atoms with Crippen molar-refractivity contribution >= 4 is 0 Å². The van der Waals surface area contributed by atoms with Crippen LogP contribution in [-0.4, -0.2) is 25.8 Å². The molecule has 110 valence electrons. The van der Waals surface area contributed by atoms with Crippen molar-refractivity contribution < 1.29 is 4.74 Å². The van der Waals surface area contributed by atoms with Crippen LogP contribution in [0.5, 0.6) is 0 Å². The van der Waals surface area contributed by atoms with E-state index in [0.717, 1.165) is 38.1 Å². The third-order valence-electron chi connectivity index (χ3n) is 4.32. The van der Waals surface area contributed by atoms with Crippen LogP contribution < -0.4 is 5.32 Å². The normalized spacial score (nSPS) is 20.1. The van der Waals surface area contributed by atoms with Gasteiger partial charge in [-0.25, -0.2) is 0 Å². The largest absolute Gasteiger partial charge is 0.381 e. The van der Waals surface area contributed by atoms with Gasteiger partial charge in [-0.15, -0.1) is 0 Å². The molecule has 1 unspecified atom stereocenters. The van der Waals surface area contributed by atoms with Crippen molar-refractivity contribution in [3.05, 3.63) is 35.4 Å². The van der Waals surface area contributed by atoms with E-state index in [1.165, 1.54) is 36.8 Å². The molecular formula is C18H27NO. The fourth-order valence-electron chi connectivity index (χ4n) is 2.55. The highest BCUT2D eigenvalue weighted by Crippen LogP contribution is 2.29. The molecule has 0 saturated heterocycles. The number of hydrogen-bond donors (Lipinski definition) is 1. The predicted octanol–water partition coefficient (Wildman–Crippen LogP) is 3.33. The first-order chi connectivity index (χ1) is 9.79. The lowest BCUT2D eigenvalue weighted by Crippen LogP contribution is -2.29. The van der Waals surface area contributed by atoms with E-state index in [-0.39, 0.29) is 0 Å². The van der Waals surface area contributed by atoms with Crippen LogP contribution in [0, 0.1) is 18.8 Å². The number of aryl methyl sites for hydroxylation is 1. The molecule has 2 aliphatic carbocycles. The first kappa shape index (κ1) is 14.1. The summed E-state index contributed by atoms with van der Waals surface area (Å²) in [6, 6.07) is 9.75. The van der Waals surface area contributed by atoms with Crippen molar-refractivity contribution in [2.45, 2.75) is 45.1 Å². The predicted molar refractivity (Wildman–Crippen MR) is 82.9 cm³/mol. The zero-order valence-electron chi connectivity index (χ0n) is 12.6. The van der Waals surface area contributed by atoms with Crippen LogP contribution in [0.1, 0.15) is 36.8 Å². The van der Waals surface area contributed by atoms with Crippen LogP contribution in [0.4, 0.5) is 0 Å². The Kier molecular flexibility index (Phi) is 4.74. The summed E-state index contributed by atoms with van der Waals surface area (Å²) in [6.45, 7) is 5.13. The van der Waals surface area contributed by atoms with Gasteiger partial charge in [0.2, 0.25) is 0 Å². The molecule has 20 heavy (non-hydrogen) atoms. The second-order valence-electron chi connectivity index (χ2n) is 6.72. The lowest BCUT2D eigenvalue weighted by Gasteiger charge is -2.18. The van der Waals surface area contributed by atoms with Gasteiger partial charge < -0.3 is 10.1 Å². The van der Waals surface area contributed by atoms with E-state index in [9.17, 15) is 0 Å². The summed E-state index contributed by atoms with van der Waals surface area (Å²) in [5.41, 5.74) is 2.78. The Hall–Kier alpha value is -0.860. The molecule has 2 nitrogen and oxygen atoms in total. The van der Waals surface area contributed by atoms with Gasteiger partial charge in [-0.05, 0) is 56.4 Å². The smallest absolute Gasteiger partial charge is 0.0509 e. The zero-order valence-corrected chi connectivity index (χ0v) is 12.6. The fraction of sp³-hybridized carbons (Fsp3) is 0.667. The Balaban J connectivity index is 1.47. The van der Waals surface area contributed by atoms with Crippen LogP contribution >= 0.6 is 0 Å². The van der Waals surface area contributed by atoms with E-state index in [0.29, 0.717) is 5.92 Å². The molecule has 0 bridgehead atoms. The van der Waals surface area contributed by atoms with Gasteiger partial charge in [0.05, 0.1) is 6.61 Å². The van der Waals surface area contributed by atoms with Gasteiger partial charge in [0.15, 0.2) is 0 Å². The van der Waals surface area contributed by atoms with Crippen LogP contribution in [0.3, 0.4) is 0 Å². The lowest BCUT2D eigenvalue weighted by atomic mass is 9.99. The summed E-state index contributed by atoms with van der Waals surface area (Å²) in [6.07, 6.45) is 6.61. The number of rotatable bonds is 9. The minimum atomic E-state index is 0.608. The van der Waals surface area contributed by atoms with Crippen molar-refractivity contribution in [2.75, 3.05) is 19.8 Å². The molecule has 1 atom stereocenters. The van der Waals surface area contributed by atoms with Gasteiger partial charge in [0, 0.05) is 19.2 Å². The third kappa shape index (κ3) is 4.92. The molecule has 0 heterocycles.